The molecular formula is C20H36N2O4. The van der Waals surface area contributed by atoms with Crippen LogP contribution >= 0.6 is 0 Å². The molecule has 6 heteroatoms. The van der Waals surface area contributed by atoms with Gasteiger partial charge in [0, 0.05) is 32.7 Å². The Labute approximate surface area is 157 Å². The first-order valence-corrected chi connectivity index (χ1v) is 10.2. The molecule has 0 unspecified atom stereocenters. The maximum atomic E-state index is 11.7. The van der Waals surface area contributed by atoms with E-state index in [0.29, 0.717) is 32.8 Å². The quantitative estimate of drug-likeness (QED) is 0.780. The highest BCUT2D eigenvalue weighted by Crippen LogP contribution is 2.63. The fraction of sp³-hybridized carbons (Fsp3) is 0.950. The van der Waals surface area contributed by atoms with Crippen LogP contribution in [0.5, 0.6) is 0 Å². The van der Waals surface area contributed by atoms with Gasteiger partial charge in [-0.15, -0.1) is 0 Å². The summed E-state index contributed by atoms with van der Waals surface area (Å²) in [5.74, 6) is 0.755. The highest BCUT2D eigenvalue weighted by molar-refractivity contribution is 5.67. The molecule has 0 aromatic rings. The number of amides is 1. The molecule has 1 heterocycles. The van der Waals surface area contributed by atoms with Gasteiger partial charge in [-0.3, -0.25) is 4.90 Å². The zero-order valence-corrected chi connectivity index (χ0v) is 16.9. The van der Waals surface area contributed by atoms with E-state index in [2.05, 4.69) is 25.7 Å². The van der Waals surface area contributed by atoms with Crippen LogP contribution in [0.25, 0.3) is 0 Å². The lowest BCUT2D eigenvalue weighted by atomic mass is 9.70. The Morgan fingerprint density at radius 3 is 2.50 bits per heavy atom. The van der Waals surface area contributed by atoms with Crippen molar-refractivity contribution in [3.8, 4) is 0 Å². The first kappa shape index (κ1) is 19.9. The molecule has 3 aliphatic rings. The second-order valence-electron chi connectivity index (χ2n) is 9.27. The molecule has 3 rings (SSSR count). The van der Waals surface area contributed by atoms with E-state index >= 15 is 0 Å². The summed E-state index contributed by atoms with van der Waals surface area (Å²) in [4.78, 5) is 15.7. The highest BCUT2D eigenvalue weighted by atomic mass is 16.6. The summed E-state index contributed by atoms with van der Waals surface area (Å²) in [5.41, 5.74) is 0.483. The minimum Gasteiger partial charge on any atom is -0.450 e. The molecule has 0 aromatic heterocycles. The number of aliphatic hydroxyl groups is 1. The molecule has 0 radical (unpaired) electrons. The van der Waals surface area contributed by atoms with Gasteiger partial charge in [0.2, 0.25) is 0 Å². The molecular weight excluding hydrogens is 332 g/mol. The van der Waals surface area contributed by atoms with Crippen molar-refractivity contribution in [3.63, 3.8) is 0 Å². The van der Waals surface area contributed by atoms with Gasteiger partial charge in [0.1, 0.15) is 0 Å². The standard InChI is InChI=1S/C20H36N2O4/c1-5-25-18(24)22-10-8-21(9-11-22)13-16(23)14-26-17-19(2,3)15-6-7-20(17,4)12-15/h15-17,23H,5-14H2,1-4H3/t15-,16-,17-,20-/m1/s1. The Morgan fingerprint density at radius 1 is 1.23 bits per heavy atom. The van der Waals surface area contributed by atoms with Gasteiger partial charge in [-0.2, -0.15) is 0 Å². The third kappa shape index (κ3) is 3.87. The van der Waals surface area contributed by atoms with E-state index in [1.807, 2.05) is 6.92 Å². The van der Waals surface area contributed by atoms with Crippen molar-refractivity contribution >= 4 is 6.09 Å². The van der Waals surface area contributed by atoms with Crippen LogP contribution in [0.15, 0.2) is 0 Å². The van der Waals surface area contributed by atoms with Crippen molar-refractivity contribution in [2.45, 2.75) is 59.2 Å². The van der Waals surface area contributed by atoms with Crippen LogP contribution in [0, 0.1) is 16.7 Å². The maximum Gasteiger partial charge on any atom is 0.409 e. The molecule has 3 fully saturated rings. The van der Waals surface area contributed by atoms with E-state index < -0.39 is 6.10 Å². The topological polar surface area (TPSA) is 62.2 Å². The molecule has 150 valence electrons. The SMILES string of the molecule is CCOC(=O)N1CCN(C[C@@H](O)CO[C@@H]2C(C)(C)[C@@H]3CC[C@]2(C)C3)CC1. The third-order valence-corrected chi connectivity index (χ3v) is 6.96. The number of fused-ring (bicyclic) bond motifs is 2. The lowest BCUT2D eigenvalue weighted by Gasteiger charge is -2.43. The second-order valence-corrected chi connectivity index (χ2v) is 9.27. The number of aliphatic hydroxyl groups excluding tert-OH is 1. The molecule has 1 aliphatic heterocycles. The molecule has 4 atom stereocenters. The normalized spacial score (nSPS) is 34.9. The molecule has 0 aromatic carbocycles. The summed E-state index contributed by atoms with van der Waals surface area (Å²) in [6.45, 7) is 13.1. The summed E-state index contributed by atoms with van der Waals surface area (Å²) < 4.78 is 11.3. The number of piperazine rings is 1. The number of β-amino-alcohol motifs (C(OH)–C–C–N with tert-alkyl or cyclic N) is 1. The predicted octanol–water partition coefficient (Wildman–Crippen LogP) is 2.35. The van der Waals surface area contributed by atoms with Gasteiger partial charge < -0.3 is 19.5 Å². The molecule has 26 heavy (non-hydrogen) atoms. The fourth-order valence-corrected chi connectivity index (χ4v) is 5.56. The summed E-state index contributed by atoms with van der Waals surface area (Å²) >= 11 is 0. The van der Waals surface area contributed by atoms with Gasteiger partial charge in [-0.05, 0) is 42.9 Å². The van der Waals surface area contributed by atoms with Crippen molar-refractivity contribution < 1.29 is 19.4 Å². The zero-order valence-electron chi connectivity index (χ0n) is 16.9. The van der Waals surface area contributed by atoms with Gasteiger partial charge in [0.15, 0.2) is 0 Å². The number of carbonyl (C=O) groups is 1. The molecule has 2 bridgehead atoms. The van der Waals surface area contributed by atoms with Crippen LogP contribution in [0.2, 0.25) is 0 Å². The highest BCUT2D eigenvalue weighted by Gasteiger charge is 2.60. The monoisotopic (exact) mass is 368 g/mol. The van der Waals surface area contributed by atoms with E-state index in [1.165, 1.54) is 19.3 Å². The molecule has 2 saturated carbocycles. The van der Waals surface area contributed by atoms with Crippen LogP contribution in [0.1, 0.15) is 47.0 Å². The van der Waals surface area contributed by atoms with Crippen LogP contribution in [0.3, 0.4) is 0 Å². The first-order valence-electron chi connectivity index (χ1n) is 10.2. The summed E-state index contributed by atoms with van der Waals surface area (Å²) in [7, 11) is 0. The van der Waals surface area contributed by atoms with Crippen LogP contribution in [-0.4, -0.2) is 79.1 Å². The Hall–Kier alpha value is -0.850. The summed E-state index contributed by atoms with van der Waals surface area (Å²) in [5, 5.41) is 10.5. The number of carbonyl (C=O) groups excluding carboxylic acids is 1. The van der Waals surface area contributed by atoms with Gasteiger partial charge in [-0.1, -0.05) is 20.8 Å². The van der Waals surface area contributed by atoms with E-state index in [1.54, 1.807) is 4.90 Å². The van der Waals surface area contributed by atoms with Crippen molar-refractivity contribution in [1.29, 1.82) is 0 Å². The lowest BCUT2D eigenvalue weighted by molar-refractivity contribution is -0.114. The summed E-state index contributed by atoms with van der Waals surface area (Å²) in [6, 6.07) is 0. The number of hydrogen-bond donors (Lipinski definition) is 1. The predicted molar refractivity (Wildman–Crippen MR) is 100 cm³/mol. The minimum absolute atomic E-state index is 0.206. The van der Waals surface area contributed by atoms with E-state index in [9.17, 15) is 9.90 Å². The van der Waals surface area contributed by atoms with E-state index in [0.717, 1.165) is 19.0 Å². The number of rotatable bonds is 6. The van der Waals surface area contributed by atoms with Gasteiger partial charge >= 0.3 is 6.09 Å². The minimum atomic E-state index is -0.484. The Kier molecular flexibility index (Phi) is 5.85. The number of ether oxygens (including phenoxy) is 2. The third-order valence-electron chi connectivity index (χ3n) is 6.96. The Bertz CT molecular complexity index is 499. The Balaban J connectivity index is 1.41. The van der Waals surface area contributed by atoms with Crippen molar-refractivity contribution in [3.05, 3.63) is 0 Å². The molecule has 1 saturated heterocycles. The van der Waals surface area contributed by atoms with Crippen LogP contribution < -0.4 is 0 Å². The average Bonchev–Trinajstić information content (AvgIpc) is 3.06. The molecule has 2 aliphatic carbocycles. The average molecular weight is 369 g/mol. The Morgan fingerprint density at radius 2 is 1.92 bits per heavy atom. The fourth-order valence-electron chi connectivity index (χ4n) is 5.56. The van der Waals surface area contributed by atoms with Crippen molar-refractivity contribution in [2.75, 3.05) is 45.9 Å². The van der Waals surface area contributed by atoms with Crippen molar-refractivity contribution in [1.82, 2.24) is 9.80 Å². The lowest BCUT2D eigenvalue weighted by Crippen LogP contribution is -2.51. The molecule has 1 N–H and O–H groups in total. The van der Waals surface area contributed by atoms with E-state index in [-0.39, 0.29) is 23.0 Å². The molecule has 6 nitrogen and oxygen atoms in total. The second kappa shape index (κ2) is 7.64. The smallest absolute Gasteiger partial charge is 0.409 e. The number of hydrogen-bond acceptors (Lipinski definition) is 5. The zero-order chi connectivity index (χ0) is 18.9. The first-order chi connectivity index (χ1) is 12.3. The maximum absolute atomic E-state index is 11.7. The summed E-state index contributed by atoms with van der Waals surface area (Å²) in [6.07, 6.45) is 3.35. The largest absolute Gasteiger partial charge is 0.450 e. The van der Waals surface area contributed by atoms with Crippen LogP contribution in [-0.2, 0) is 9.47 Å². The number of nitrogens with zero attached hydrogens (tertiary/aromatic N) is 2. The van der Waals surface area contributed by atoms with Gasteiger partial charge in [0.25, 0.3) is 0 Å². The molecule has 1 amide bonds. The van der Waals surface area contributed by atoms with Crippen molar-refractivity contribution in [2.24, 2.45) is 16.7 Å². The van der Waals surface area contributed by atoms with Crippen LogP contribution in [0.4, 0.5) is 4.79 Å². The van der Waals surface area contributed by atoms with Gasteiger partial charge in [0.05, 0.1) is 25.4 Å². The van der Waals surface area contributed by atoms with Gasteiger partial charge in [-0.25, -0.2) is 4.79 Å². The van der Waals surface area contributed by atoms with E-state index in [4.69, 9.17) is 9.47 Å². The molecule has 0 spiro atoms.